The van der Waals surface area contributed by atoms with Crippen LogP contribution in [0.1, 0.15) is 65.7 Å². The lowest BCUT2D eigenvalue weighted by Crippen LogP contribution is -2.38. The van der Waals surface area contributed by atoms with E-state index in [0.29, 0.717) is 25.2 Å². The summed E-state index contributed by atoms with van der Waals surface area (Å²) in [7, 11) is 0. The second kappa shape index (κ2) is 6.70. The molecule has 0 heterocycles. The fourth-order valence-corrected chi connectivity index (χ4v) is 4.79. The molecule has 5 atom stereocenters. The lowest BCUT2D eigenvalue weighted by Gasteiger charge is -2.40. The van der Waals surface area contributed by atoms with Crippen molar-refractivity contribution in [3.8, 4) is 0 Å². The average molecular weight is 322 g/mol. The van der Waals surface area contributed by atoms with Crippen molar-refractivity contribution in [2.45, 2.75) is 83.5 Å². The molecule has 0 bridgehead atoms. The first-order chi connectivity index (χ1) is 10.5. The van der Waals surface area contributed by atoms with Crippen molar-refractivity contribution in [1.82, 2.24) is 0 Å². The van der Waals surface area contributed by atoms with Crippen LogP contribution in [-0.4, -0.2) is 33.1 Å². The summed E-state index contributed by atoms with van der Waals surface area (Å²) in [6, 6.07) is 0. The molecular weight excluding hydrogens is 288 g/mol. The molecule has 0 aromatic rings. The molecule has 2 fully saturated rings. The molecule has 2 aliphatic carbocycles. The number of hydrogen-bond donors (Lipinski definition) is 3. The number of aliphatic hydroxyl groups excluding tert-OH is 2. The highest BCUT2D eigenvalue weighted by Crippen LogP contribution is 2.55. The fourth-order valence-electron chi connectivity index (χ4n) is 4.79. The third kappa shape index (κ3) is 4.07. The average Bonchev–Trinajstić information content (AvgIpc) is 2.77. The first-order valence-corrected chi connectivity index (χ1v) is 8.98. The van der Waals surface area contributed by atoms with Crippen LogP contribution in [0.2, 0.25) is 0 Å². The highest BCUT2D eigenvalue weighted by atomic mass is 16.3. The van der Waals surface area contributed by atoms with Gasteiger partial charge in [0.05, 0.1) is 17.8 Å². The van der Waals surface area contributed by atoms with Crippen LogP contribution in [0.5, 0.6) is 0 Å². The molecule has 3 heteroatoms. The Kier molecular flexibility index (Phi) is 5.44. The van der Waals surface area contributed by atoms with Crippen LogP contribution in [0.3, 0.4) is 0 Å². The Labute approximate surface area is 141 Å². The Morgan fingerprint density at radius 3 is 2.17 bits per heavy atom. The molecule has 3 N–H and O–H groups in total. The minimum atomic E-state index is -0.718. The van der Waals surface area contributed by atoms with Crippen molar-refractivity contribution in [2.75, 3.05) is 0 Å². The van der Waals surface area contributed by atoms with Crippen molar-refractivity contribution in [3.05, 3.63) is 24.3 Å². The van der Waals surface area contributed by atoms with Crippen molar-refractivity contribution < 1.29 is 15.3 Å². The summed E-state index contributed by atoms with van der Waals surface area (Å²) < 4.78 is 0. The molecule has 0 unspecified atom stereocenters. The molecular formula is C20H34O3. The van der Waals surface area contributed by atoms with E-state index in [-0.39, 0.29) is 11.3 Å². The summed E-state index contributed by atoms with van der Waals surface area (Å²) in [4.78, 5) is 0. The van der Waals surface area contributed by atoms with Gasteiger partial charge in [0.2, 0.25) is 0 Å². The van der Waals surface area contributed by atoms with Crippen molar-refractivity contribution in [2.24, 2.45) is 17.3 Å². The second-order valence-electron chi connectivity index (χ2n) is 8.69. The van der Waals surface area contributed by atoms with E-state index in [9.17, 15) is 15.3 Å². The molecule has 0 aromatic carbocycles. The number of aliphatic hydroxyl groups is 3. The zero-order valence-corrected chi connectivity index (χ0v) is 15.0. The van der Waals surface area contributed by atoms with Gasteiger partial charge < -0.3 is 15.3 Å². The van der Waals surface area contributed by atoms with Gasteiger partial charge in [0.15, 0.2) is 0 Å². The van der Waals surface area contributed by atoms with E-state index < -0.39 is 17.8 Å². The van der Waals surface area contributed by atoms with Gasteiger partial charge >= 0.3 is 0 Å². The monoisotopic (exact) mass is 322 g/mol. The van der Waals surface area contributed by atoms with Gasteiger partial charge in [0, 0.05) is 0 Å². The number of fused-ring (bicyclic) bond motifs is 1. The second-order valence-corrected chi connectivity index (χ2v) is 8.69. The van der Waals surface area contributed by atoms with Crippen molar-refractivity contribution >= 4 is 0 Å². The minimum absolute atomic E-state index is 0.00258. The predicted molar refractivity (Wildman–Crippen MR) is 94.0 cm³/mol. The highest BCUT2D eigenvalue weighted by molar-refractivity contribution is 5.11. The SMILES string of the molecule is C=C1CC[C@H]2[C@H](C(C)(C)O)CC[C@]2(C)C[C@@H](O)C(=C)CC[C@H]1O. The predicted octanol–water partition coefficient (Wildman–Crippen LogP) is 3.59. The van der Waals surface area contributed by atoms with E-state index in [0.717, 1.165) is 36.8 Å². The molecule has 2 saturated carbocycles. The maximum Gasteiger partial charge on any atom is 0.0752 e. The maximum absolute atomic E-state index is 10.6. The summed E-state index contributed by atoms with van der Waals surface area (Å²) >= 11 is 0. The smallest absolute Gasteiger partial charge is 0.0752 e. The molecule has 0 aromatic heterocycles. The van der Waals surface area contributed by atoms with Crippen LogP contribution in [0.25, 0.3) is 0 Å². The largest absolute Gasteiger partial charge is 0.390 e. The minimum Gasteiger partial charge on any atom is -0.390 e. The van der Waals surface area contributed by atoms with Crippen LogP contribution in [0.4, 0.5) is 0 Å². The Morgan fingerprint density at radius 2 is 1.57 bits per heavy atom. The van der Waals surface area contributed by atoms with Crippen LogP contribution < -0.4 is 0 Å². The van der Waals surface area contributed by atoms with E-state index >= 15 is 0 Å². The van der Waals surface area contributed by atoms with Gasteiger partial charge in [-0.25, -0.2) is 0 Å². The lowest BCUT2D eigenvalue weighted by atomic mass is 9.67. The topological polar surface area (TPSA) is 60.7 Å². The standard InChI is InChI=1S/C20H34O3/c1-13-6-8-16-15(19(3,4)23)10-11-20(16,5)12-18(22)14(2)7-9-17(13)21/h15-18,21-23H,1-2,6-12H2,3-5H3/t15-,16+,17-,18-,20-/m1/s1. The van der Waals surface area contributed by atoms with Crippen LogP contribution >= 0.6 is 0 Å². The van der Waals surface area contributed by atoms with Crippen molar-refractivity contribution in [3.63, 3.8) is 0 Å². The normalized spacial score (nSPS) is 40.6. The molecule has 132 valence electrons. The molecule has 0 radical (unpaired) electrons. The maximum atomic E-state index is 10.6. The number of rotatable bonds is 1. The first-order valence-electron chi connectivity index (χ1n) is 8.98. The van der Waals surface area contributed by atoms with Gasteiger partial charge in [-0.2, -0.15) is 0 Å². The summed E-state index contributed by atoms with van der Waals surface area (Å²) in [5.41, 5.74) is 0.969. The Balaban J connectivity index is 2.30. The molecule has 0 saturated heterocycles. The van der Waals surface area contributed by atoms with Crippen molar-refractivity contribution in [1.29, 1.82) is 0 Å². The van der Waals surface area contributed by atoms with E-state index in [1.54, 1.807) is 0 Å². The number of hydrogen-bond acceptors (Lipinski definition) is 3. The zero-order chi connectivity index (χ0) is 17.4. The van der Waals surface area contributed by atoms with E-state index in [2.05, 4.69) is 20.1 Å². The summed E-state index contributed by atoms with van der Waals surface area (Å²) in [6.45, 7) is 14.1. The first kappa shape index (κ1) is 18.7. The van der Waals surface area contributed by atoms with Crippen LogP contribution in [0.15, 0.2) is 24.3 Å². The van der Waals surface area contributed by atoms with E-state index in [1.165, 1.54) is 0 Å². The van der Waals surface area contributed by atoms with Crippen LogP contribution in [0, 0.1) is 17.3 Å². The fraction of sp³-hybridized carbons (Fsp3) is 0.800. The van der Waals surface area contributed by atoms with E-state index in [1.807, 2.05) is 13.8 Å². The van der Waals surface area contributed by atoms with Gasteiger partial charge in [0.25, 0.3) is 0 Å². The van der Waals surface area contributed by atoms with Gasteiger partial charge in [-0.15, -0.1) is 0 Å². The molecule has 3 nitrogen and oxygen atoms in total. The Hall–Kier alpha value is -0.640. The molecule has 0 amide bonds. The molecule has 2 aliphatic rings. The summed E-state index contributed by atoms with van der Waals surface area (Å²) in [5, 5.41) is 31.4. The molecule has 2 rings (SSSR count). The molecule has 0 spiro atoms. The lowest BCUT2D eigenvalue weighted by molar-refractivity contribution is -0.0227. The highest BCUT2D eigenvalue weighted by Gasteiger charge is 2.50. The van der Waals surface area contributed by atoms with Crippen LogP contribution in [-0.2, 0) is 0 Å². The summed E-state index contributed by atoms with van der Waals surface area (Å²) in [5.74, 6) is 0.547. The Bertz CT molecular complexity index is 462. The molecule has 23 heavy (non-hydrogen) atoms. The third-order valence-electron chi connectivity index (χ3n) is 6.43. The Morgan fingerprint density at radius 1 is 1.00 bits per heavy atom. The third-order valence-corrected chi connectivity index (χ3v) is 6.43. The van der Waals surface area contributed by atoms with Gasteiger partial charge in [-0.3, -0.25) is 0 Å². The zero-order valence-electron chi connectivity index (χ0n) is 15.0. The van der Waals surface area contributed by atoms with Gasteiger partial charge in [0.1, 0.15) is 0 Å². The quantitative estimate of drug-likeness (QED) is 0.647. The van der Waals surface area contributed by atoms with Gasteiger partial charge in [-0.05, 0) is 87.2 Å². The van der Waals surface area contributed by atoms with Gasteiger partial charge in [-0.1, -0.05) is 20.1 Å². The van der Waals surface area contributed by atoms with E-state index in [4.69, 9.17) is 0 Å². The molecule has 0 aliphatic heterocycles. The summed E-state index contributed by atoms with van der Waals surface area (Å²) in [6.07, 6.45) is 4.58.